The molecule has 0 radical (unpaired) electrons. The quantitative estimate of drug-likeness (QED) is 0.584. The summed E-state index contributed by atoms with van der Waals surface area (Å²) in [5.41, 5.74) is 0. The van der Waals surface area contributed by atoms with E-state index in [2.05, 4.69) is 12.2 Å². The summed E-state index contributed by atoms with van der Waals surface area (Å²) in [6, 6.07) is 0.333. The molecule has 0 heterocycles. The molecule has 1 N–H and O–H groups in total. The average Bonchev–Trinajstić information content (AvgIpc) is 1.90. The van der Waals surface area contributed by atoms with Gasteiger partial charge in [-0.25, -0.2) is 0 Å². The van der Waals surface area contributed by atoms with Crippen molar-refractivity contribution >= 4 is 0 Å². The van der Waals surface area contributed by atoms with Gasteiger partial charge in [-0.05, 0) is 6.54 Å². The highest BCUT2D eigenvalue weighted by molar-refractivity contribution is 4.62. The Labute approximate surface area is 62.7 Å². The van der Waals surface area contributed by atoms with Crippen molar-refractivity contribution in [2.24, 2.45) is 0 Å². The Bertz CT molecular complexity index is 54.4. The Hall–Kier alpha value is -0.120. The van der Waals surface area contributed by atoms with Crippen LogP contribution in [0.5, 0.6) is 0 Å². The molecule has 10 heavy (non-hydrogen) atoms. The number of rotatable bonds is 6. The molecule has 0 atom stereocenters. The van der Waals surface area contributed by atoms with Crippen molar-refractivity contribution in [3.63, 3.8) is 0 Å². The van der Waals surface area contributed by atoms with Gasteiger partial charge in [-0.3, -0.25) is 0 Å². The third-order valence-corrected chi connectivity index (χ3v) is 1.23. The molecular formula is C7H17NO2. The largest absolute Gasteiger partial charge is 0.383 e. The van der Waals surface area contributed by atoms with E-state index in [-0.39, 0.29) is 0 Å². The van der Waals surface area contributed by atoms with Crippen LogP contribution in [-0.4, -0.2) is 40.0 Å². The molecule has 62 valence electrons. The van der Waals surface area contributed by atoms with Crippen molar-refractivity contribution in [3.05, 3.63) is 0 Å². The van der Waals surface area contributed by atoms with Crippen LogP contribution in [0.15, 0.2) is 0 Å². The summed E-state index contributed by atoms with van der Waals surface area (Å²) in [5.74, 6) is 0. The second-order valence-corrected chi connectivity index (χ2v) is 2.17. The zero-order valence-corrected chi connectivity index (χ0v) is 7.02. The van der Waals surface area contributed by atoms with E-state index in [0.29, 0.717) is 19.3 Å². The lowest BCUT2D eigenvalue weighted by molar-refractivity contribution is 0.104. The molecule has 3 nitrogen and oxygen atoms in total. The second kappa shape index (κ2) is 6.99. The number of likely N-dealkylation sites (N-methyl/N-ethyl adjacent to an activating group) is 1. The zero-order valence-electron chi connectivity index (χ0n) is 7.02. The molecule has 0 spiro atoms. The van der Waals surface area contributed by atoms with Crippen molar-refractivity contribution in [3.8, 4) is 0 Å². The van der Waals surface area contributed by atoms with Gasteiger partial charge in [-0.1, -0.05) is 6.92 Å². The molecule has 0 fully saturated rings. The lowest BCUT2D eigenvalue weighted by Gasteiger charge is -2.14. The van der Waals surface area contributed by atoms with Crippen molar-refractivity contribution < 1.29 is 9.47 Å². The van der Waals surface area contributed by atoms with Crippen molar-refractivity contribution in [1.29, 1.82) is 0 Å². The van der Waals surface area contributed by atoms with E-state index in [1.165, 1.54) is 0 Å². The Balaban J connectivity index is 3.30. The van der Waals surface area contributed by atoms with Crippen molar-refractivity contribution in [2.75, 3.05) is 34.0 Å². The maximum Gasteiger partial charge on any atom is 0.0638 e. The number of hydrogen-bond donors (Lipinski definition) is 1. The zero-order chi connectivity index (χ0) is 7.82. The van der Waals surface area contributed by atoms with Gasteiger partial charge in [-0.2, -0.15) is 0 Å². The Kier molecular flexibility index (Phi) is 6.91. The normalized spacial score (nSPS) is 10.8. The smallest absolute Gasteiger partial charge is 0.0638 e. The lowest BCUT2D eigenvalue weighted by Crippen LogP contribution is -2.36. The van der Waals surface area contributed by atoms with E-state index >= 15 is 0 Å². The van der Waals surface area contributed by atoms with Gasteiger partial charge in [0, 0.05) is 14.2 Å². The fraction of sp³-hybridized carbons (Fsp3) is 1.00. The molecular weight excluding hydrogens is 130 g/mol. The van der Waals surface area contributed by atoms with Crippen LogP contribution >= 0.6 is 0 Å². The number of methoxy groups -OCH3 is 2. The molecule has 0 rings (SSSR count). The highest BCUT2D eigenvalue weighted by atomic mass is 16.5. The van der Waals surface area contributed by atoms with Crippen molar-refractivity contribution in [1.82, 2.24) is 5.32 Å². The monoisotopic (exact) mass is 147 g/mol. The predicted octanol–water partition coefficient (Wildman–Crippen LogP) is 0.257. The summed E-state index contributed by atoms with van der Waals surface area (Å²) in [5, 5.41) is 3.23. The summed E-state index contributed by atoms with van der Waals surface area (Å²) in [7, 11) is 3.39. The Morgan fingerprint density at radius 1 is 1.20 bits per heavy atom. The first kappa shape index (κ1) is 9.88. The van der Waals surface area contributed by atoms with Crippen LogP contribution < -0.4 is 5.32 Å². The van der Waals surface area contributed by atoms with Crippen LogP contribution in [0.4, 0.5) is 0 Å². The number of nitrogens with one attached hydrogen (secondary N) is 1. The minimum Gasteiger partial charge on any atom is -0.383 e. The minimum atomic E-state index is 0.333. The fourth-order valence-electron chi connectivity index (χ4n) is 0.857. The van der Waals surface area contributed by atoms with Gasteiger partial charge in [-0.15, -0.1) is 0 Å². The molecule has 0 aliphatic carbocycles. The predicted molar refractivity (Wildman–Crippen MR) is 41.2 cm³/mol. The molecule has 0 saturated carbocycles. The lowest BCUT2D eigenvalue weighted by atomic mass is 10.3. The van der Waals surface area contributed by atoms with Gasteiger partial charge in [0.25, 0.3) is 0 Å². The molecule has 0 aromatic rings. The third-order valence-electron chi connectivity index (χ3n) is 1.23. The molecule has 0 saturated heterocycles. The summed E-state index contributed by atoms with van der Waals surface area (Å²) in [6.07, 6.45) is 0. The third kappa shape index (κ3) is 4.73. The molecule has 0 aromatic heterocycles. The second-order valence-electron chi connectivity index (χ2n) is 2.17. The van der Waals surface area contributed by atoms with E-state index in [9.17, 15) is 0 Å². The molecule has 0 bridgehead atoms. The van der Waals surface area contributed by atoms with E-state index < -0.39 is 0 Å². The summed E-state index contributed by atoms with van der Waals surface area (Å²) >= 11 is 0. The first-order valence-electron chi connectivity index (χ1n) is 3.56. The molecule has 0 aliphatic heterocycles. The standard InChI is InChI=1S/C7H17NO2/c1-4-8-7(5-9-2)6-10-3/h7-8H,4-6H2,1-3H3. The Morgan fingerprint density at radius 3 is 2.00 bits per heavy atom. The summed E-state index contributed by atoms with van der Waals surface area (Å²) in [6.45, 7) is 4.44. The molecule has 0 aliphatic rings. The number of hydrogen-bond acceptors (Lipinski definition) is 3. The SMILES string of the molecule is CCNC(COC)COC. The maximum atomic E-state index is 4.97. The van der Waals surface area contributed by atoms with Crippen LogP contribution in [0.1, 0.15) is 6.92 Å². The van der Waals surface area contributed by atoms with E-state index in [1.54, 1.807) is 14.2 Å². The van der Waals surface area contributed by atoms with Gasteiger partial charge in [0.2, 0.25) is 0 Å². The van der Waals surface area contributed by atoms with Crippen LogP contribution in [0.25, 0.3) is 0 Å². The number of ether oxygens (including phenoxy) is 2. The molecule has 3 heteroatoms. The highest BCUT2D eigenvalue weighted by Crippen LogP contribution is 1.84. The minimum absolute atomic E-state index is 0.333. The van der Waals surface area contributed by atoms with E-state index in [4.69, 9.17) is 9.47 Å². The van der Waals surface area contributed by atoms with Gasteiger partial charge in [0.05, 0.1) is 19.3 Å². The first-order chi connectivity index (χ1) is 4.85. The summed E-state index contributed by atoms with van der Waals surface area (Å²) < 4.78 is 9.93. The van der Waals surface area contributed by atoms with Gasteiger partial charge in [0.15, 0.2) is 0 Å². The first-order valence-corrected chi connectivity index (χ1v) is 3.56. The Morgan fingerprint density at radius 2 is 1.70 bits per heavy atom. The fourth-order valence-corrected chi connectivity index (χ4v) is 0.857. The highest BCUT2D eigenvalue weighted by Gasteiger charge is 2.03. The van der Waals surface area contributed by atoms with Gasteiger partial charge >= 0.3 is 0 Å². The van der Waals surface area contributed by atoms with Gasteiger partial charge in [0.1, 0.15) is 0 Å². The van der Waals surface area contributed by atoms with Crippen LogP contribution in [0.3, 0.4) is 0 Å². The average molecular weight is 147 g/mol. The van der Waals surface area contributed by atoms with Crippen LogP contribution in [0.2, 0.25) is 0 Å². The molecule has 0 aromatic carbocycles. The van der Waals surface area contributed by atoms with E-state index in [1.807, 2.05) is 0 Å². The van der Waals surface area contributed by atoms with Crippen molar-refractivity contribution in [2.45, 2.75) is 13.0 Å². The summed E-state index contributed by atoms with van der Waals surface area (Å²) in [4.78, 5) is 0. The topological polar surface area (TPSA) is 30.5 Å². The van der Waals surface area contributed by atoms with E-state index in [0.717, 1.165) is 6.54 Å². The molecule has 0 unspecified atom stereocenters. The van der Waals surface area contributed by atoms with Crippen LogP contribution in [0, 0.1) is 0 Å². The maximum absolute atomic E-state index is 4.97. The van der Waals surface area contributed by atoms with Gasteiger partial charge < -0.3 is 14.8 Å². The van der Waals surface area contributed by atoms with Crippen LogP contribution in [-0.2, 0) is 9.47 Å². The molecule has 0 amide bonds.